The highest BCUT2D eigenvalue weighted by Crippen LogP contribution is 2.31. The normalized spacial score (nSPS) is 36.1. The van der Waals surface area contributed by atoms with Gasteiger partial charge in [0.05, 0.1) is 5.25 Å². The Kier molecular flexibility index (Phi) is 3.01. The van der Waals surface area contributed by atoms with Gasteiger partial charge in [0.15, 0.2) is 5.72 Å². The van der Waals surface area contributed by atoms with Gasteiger partial charge in [-0.1, -0.05) is 6.42 Å². The van der Waals surface area contributed by atoms with Crippen molar-refractivity contribution in [1.29, 1.82) is 0 Å². The van der Waals surface area contributed by atoms with Gasteiger partial charge in [-0.15, -0.1) is 0 Å². The first-order chi connectivity index (χ1) is 5.54. The Labute approximate surface area is 78.1 Å². The first-order valence-corrected chi connectivity index (χ1v) is 4.73. The second kappa shape index (κ2) is 3.66. The molecular formula is C8H15NO2S. The lowest BCUT2D eigenvalue weighted by Gasteiger charge is -2.37. The summed E-state index contributed by atoms with van der Waals surface area (Å²) >= 11 is 4.31. The fraction of sp³-hybridized carbons (Fsp3) is 0.875. The number of rotatable bonds is 1. The molecule has 4 heteroatoms. The molecule has 0 amide bonds. The number of esters is 1. The first kappa shape index (κ1) is 9.86. The summed E-state index contributed by atoms with van der Waals surface area (Å²) in [6.45, 7) is 1.38. The SMILES string of the molecule is CC(=O)OC1(N)CCCCC1S. The summed E-state index contributed by atoms with van der Waals surface area (Å²) in [4.78, 5) is 10.7. The van der Waals surface area contributed by atoms with Crippen LogP contribution in [-0.2, 0) is 9.53 Å². The molecule has 2 atom stereocenters. The van der Waals surface area contributed by atoms with Crippen LogP contribution in [0.2, 0.25) is 0 Å². The minimum absolute atomic E-state index is 0.0184. The molecule has 12 heavy (non-hydrogen) atoms. The van der Waals surface area contributed by atoms with Crippen molar-refractivity contribution in [3.63, 3.8) is 0 Å². The molecule has 1 saturated carbocycles. The topological polar surface area (TPSA) is 52.3 Å². The van der Waals surface area contributed by atoms with Gasteiger partial charge in [-0.3, -0.25) is 10.5 Å². The third kappa shape index (κ3) is 2.14. The molecule has 1 fully saturated rings. The van der Waals surface area contributed by atoms with Crippen molar-refractivity contribution < 1.29 is 9.53 Å². The maximum Gasteiger partial charge on any atom is 0.304 e. The zero-order valence-electron chi connectivity index (χ0n) is 7.25. The van der Waals surface area contributed by atoms with E-state index in [-0.39, 0.29) is 11.2 Å². The Morgan fingerprint density at radius 2 is 2.33 bits per heavy atom. The predicted molar refractivity (Wildman–Crippen MR) is 49.9 cm³/mol. The molecule has 0 aromatic rings. The largest absolute Gasteiger partial charge is 0.443 e. The van der Waals surface area contributed by atoms with Crippen molar-refractivity contribution in [1.82, 2.24) is 0 Å². The van der Waals surface area contributed by atoms with Crippen LogP contribution >= 0.6 is 12.6 Å². The Morgan fingerprint density at radius 3 is 2.83 bits per heavy atom. The summed E-state index contributed by atoms with van der Waals surface area (Å²) in [6.07, 6.45) is 3.78. The highest BCUT2D eigenvalue weighted by molar-refractivity contribution is 7.81. The van der Waals surface area contributed by atoms with Crippen LogP contribution in [0.25, 0.3) is 0 Å². The van der Waals surface area contributed by atoms with Gasteiger partial charge in [0.2, 0.25) is 0 Å². The van der Waals surface area contributed by atoms with E-state index in [4.69, 9.17) is 10.5 Å². The van der Waals surface area contributed by atoms with E-state index in [1.807, 2.05) is 0 Å². The lowest BCUT2D eigenvalue weighted by molar-refractivity contribution is -0.158. The van der Waals surface area contributed by atoms with Gasteiger partial charge in [0.25, 0.3) is 0 Å². The molecule has 0 spiro atoms. The van der Waals surface area contributed by atoms with E-state index in [9.17, 15) is 4.79 Å². The zero-order chi connectivity index (χ0) is 9.19. The van der Waals surface area contributed by atoms with Crippen molar-refractivity contribution in [2.75, 3.05) is 0 Å². The molecule has 0 aromatic carbocycles. The molecule has 0 radical (unpaired) electrons. The molecule has 0 aliphatic heterocycles. The third-order valence-corrected chi connectivity index (χ3v) is 2.89. The van der Waals surface area contributed by atoms with Gasteiger partial charge in [0.1, 0.15) is 0 Å². The van der Waals surface area contributed by atoms with Crippen LogP contribution in [0.1, 0.15) is 32.6 Å². The molecule has 2 unspecified atom stereocenters. The van der Waals surface area contributed by atoms with Gasteiger partial charge >= 0.3 is 5.97 Å². The molecule has 0 heterocycles. The summed E-state index contributed by atoms with van der Waals surface area (Å²) in [5.41, 5.74) is 5.06. The first-order valence-electron chi connectivity index (χ1n) is 4.21. The molecule has 1 aliphatic carbocycles. The summed E-state index contributed by atoms with van der Waals surface area (Å²) in [5.74, 6) is -0.321. The van der Waals surface area contributed by atoms with Crippen molar-refractivity contribution in [2.24, 2.45) is 5.73 Å². The number of ether oxygens (including phenoxy) is 1. The predicted octanol–water partition coefficient (Wildman–Crippen LogP) is 1.08. The van der Waals surface area contributed by atoms with Gasteiger partial charge in [-0.25, -0.2) is 0 Å². The van der Waals surface area contributed by atoms with E-state index in [1.165, 1.54) is 6.92 Å². The number of thiol groups is 1. The Balaban J connectivity index is 2.59. The number of carbonyl (C=O) groups excluding carboxylic acids is 1. The van der Waals surface area contributed by atoms with Gasteiger partial charge in [0, 0.05) is 13.3 Å². The summed E-state index contributed by atoms with van der Waals surface area (Å²) in [6, 6.07) is 0. The lowest BCUT2D eigenvalue weighted by Crippen LogP contribution is -2.53. The van der Waals surface area contributed by atoms with Gasteiger partial charge in [-0.05, 0) is 12.8 Å². The monoisotopic (exact) mass is 189 g/mol. The standard InChI is InChI=1S/C8H15NO2S/c1-6(10)11-8(9)5-3-2-4-7(8)12/h7,12H,2-5,9H2,1H3. The maximum absolute atomic E-state index is 10.7. The average molecular weight is 189 g/mol. The molecule has 2 N–H and O–H groups in total. The molecule has 0 bridgehead atoms. The number of hydrogen-bond donors (Lipinski definition) is 2. The second-order valence-electron chi connectivity index (χ2n) is 3.31. The maximum atomic E-state index is 10.7. The summed E-state index contributed by atoms with van der Waals surface area (Å²) < 4.78 is 5.05. The number of carbonyl (C=O) groups is 1. The summed E-state index contributed by atoms with van der Waals surface area (Å²) in [5, 5.41) is -0.0184. The zero-order valence-corrected chi connectivity index (χ0v) is 8.14. The molecule has 1 rings (SSSR count). The Bertz CT molecular complexity index is 186. The molecular weight excluding hydrogens is 174 g/mol. The van der Waals surface area contributed by atoms with E-state index in [2.05, 4.69) is 12.6 Å². The van der Waals surface area contributed by atoms with Gasteiger partial charge < -0.3 is 4.74 Å². The molecule has 3 nitrogen and oxygen atoms in total. The smallest absolute Gasteiger partial charge is 0.304 e. The van der Waals surface area contributed by atoms with Crippen LogP contribution in [-0.4, -0.2) is 16.9 Å². The minimum atomic E-state index is -0.826. The fourth-order valence-electron chi connectivity index (χ4n) is 1.54. The Morgan fingerprint density at radius 1 is 1.67 bits per heavy atom. The Hall–Kier alpha value is -0.220. The van der Waals surface area contributed by atoms with Crippen LogP contribution in [0.5, 0.6) is 0 Å². The average Bonchev–Trinajstić information content (AvgIpc) is 1.94. The highest BCUT2D eigenvalue weighted by Gasteiger charge is 2.37. The summed E-state index contributed by atoms with van der Waals surface area (Å²) in [7, 11) is 0. The third-order valence-electron chi connectivity index (χ3n) is 2.19. The van der Waals surface area contributed by atoms with Crippen molar-refractivity contribution in [2.45, 2.75) is 43.6 Å². The minimum Gasteiger partial charge on any atom is -0.443 e. The molecule has 0 aromatic heterocycles. The van der Waals surface area contributed by atoms with Crippen molar-refractivity contribution >= 4 is 18.6 Å². The van der Waals surface area contributed by atoms with E-state index >= 15 is 0 Å². The van der Waals surface area contributed by atoms with Crippen LogP contribution < -0.4 is 5.73 Å². The van der Waals surface area contributed by atoms with E-state index in [1.54, 1.807) is 0 Å². The quantitative estimate of drug-likeness (QED) is 0.368. The van der Waals surface area contributed by atoms with Crippen LogP contribution in [0.4, 0.5) is 0 Å². The second-order valence-corrected chi connectivity index (χ2v) is 3.93. The highest BCUT2D eigenvalue weighted by atomic mass is 32.1. The number of hydrogen-bond acceptors (Lipinski definition) is 4. The molecule has 1 aliphatic rings. The van der Waals surface area contributed by atoms with E-state index in [0.29, 0.717) is 0 Å². The van der Waals surface area contributed by atoms with Gasteiger partial charge in [-0.2, -0.15) is 12.6 Å². The lowest BCUT2D eigenvalue weighted by atomic mass is 9.92. The molecule has 0 saturated heterocycles. The van der Waals surface area contributed by atoms with E-state index < -0.39 is 5.72 Å². The fourth-order valence-corrected chi connectivity index (χ4v) is 1.90. The molecule has 70 valence electrons. The number of nitrogens with two attached hydrogens (primary N) is 1. The van der Waals surface area contributed by atoms with Crippen LogP contribution in [0.3, 0.4) is 0 Å². The van der Waals surface area contributed by atoms with Crippen molar-refractivity contribution in [3.8, 4) is 0 Å². The van der Waals surface area contributed by atoms with Crippen LogP contribution in [0, 0.1) is 0 Å². The van der Waals surface area contributed by atoms with Crippen LogP contribution in [0.15, 0.2) is 0 Å². The van der Waals surface area contributed by atoms with E-state index in [0.717, 1.165) is 25.7 Å². The van der Waals surface area contributed by atoms with Crippen molar-refractivity contribution in [3.05, 3.63) is 0 Å².